The molecule has 0 bridgehead atoms. The molecule has 2 nitrogen and oxygen atoms in total. The molecule has 2 unspecified atom stereocenters. The van der Waals surface area contributed by atoms with E-state index in [0.29, 0.717) is 12.0 Å². The molecule has 0 radical (unpaired) electrons. The predicted octanol–water partition coefficient (Wildman–Crippen LogP) is 2.51. The molecule has 1 aliphatic heterocycles. The molecule has 3 heteroatoms. The van der Waals surface area contributed by atoms with Crippen LogP contribution in [0.2, 0.25) is 5.02 Å². The summed E-state index contributed by atoms with van der Waals surface area (Å²) in [5, 5.41) is 0.793. The molecule has 0 spiro atoms. The zero-order valence-corrected chi connectivity index (χ0v) is 9.74. The van der Waals surface area contributed by atoms with Gasteiger partial charge in [0.1, 0.15) is 0 Å². The Hall–Kier alpha value is -0.730. The largest absolute Gasteiger partial charge is 0.371 e. The van der Waals surface area contributed by atoms with E-state index >= 15 is 0 Å². The minimum absolute atomic E-state index is 0.294. The van der Waals surface area contributed by atoms with Gasteiger partial charge in [-0.1, -0.05) is 11.6 Å². The van der Waals surface area contributed by atoms with Crippen molar-refractivity contribution in [3.63, 3.8) is 0 Å². The van der Waals surface area contributed by atoms with Gasteiger partial charge in [0, 0.05) is 29.8 Å². The summed E-state index contributed by atoms with van der Waals surface area (Å²) in [7, 11) is 0. The van der Waals surface area contributed by atoms with Crippen LogP contribution in [-0.4, -0.2) is 19.1 Å². The van der Waals surface area contributed by atoms with Crippen LogP contribution in [0.3, 0.4) is 0 Å². The third kappa shape index (κ3) is 2.44. The summed E-state index contributed by atoms with van der Waals surface area (Å²) in [4.78, 5) is 2.38. The predicted molar refractivity (Wildman–Crippen MR) is 65.4 cm³/mol. The summed E-state index contributed by atoms with van der Waals surface area (Å²) in [5.41, 5.74) is 7.17. The van der Waals surface area contributed by atoms with Crippen molar-refractivity contribution in [1.29, 1.82) is 0 Å². The van der Waals surface area contributed by atoms with E-state index in [9.17, 15) is 0 Å². The highest BCUT2D eigenvalue weighted by Gasteiger charge is 2.25. The first-order valence-electron chi connectivity index (χ1n) is 5.43. The van der Waals surface area contributed by atoms with Crippen molar-refractivity contribution < 1.29 is 0 Å². The lowest BCUT2D eigenvalue weighted by molar-refractivity contribution is 0.488. The van der Waals surface area contributed by atoms with Crippen molar-refractivity contribution in [2.24, 2.45) is 11.7 Å². The number of hydrogen-bond acceptors (Lipinski definition) is 2. The molecule has 1 aliphatic rings. The van der Waals surface area contributed by atoms with E-state index in [1.165, 1.54) is 12.1 Å². The van der Waals surface area contributed by atoms with Crippen LogP contribution in [0, 0.1) is 5.92 Å². The van der Waals surface area contributed by atoms with Gasteiger partial charge >= 0.3 is 0 Å². The Morgan fingerprint density at radius 3 is 2.60 bits per heavy atom. The molecule has 1 fully saturated rings. The maximum atomic E-state index is 5.91. The van der Waals surface area contributed by atoms with Crippen molar-refractivity contribution in [2.75, 3.05) is 18.0 Å². The summed E-state index contributed by atoms with van der Waals surface area (Å²) in [6, 6.07) is 8.33. The van der Waals surface area contributed by atoms with E-state index in [0.717, 1.165) is 18.1 Å². The van der Waals surface area contributed by atoms with Crippen LogP contribution in [0.4, 0.5) is 5.69 Å². The average Bonchev–Trinajstić information content (AvgIpc) is 2.68. The van der Waals surface area contributed by atoms with Crippen LogP contribution in [0.25, 0.3) is 0 Å². The standard InChI is InChI=1S/C12H17ClN2/c1-9(14)10-6-7-15(8-10)12-4-2-11(13)3-5-12/h2-5,9-10H,6-8,14H2,1H3. The summed E-state index contributed by atoms with van der Waals surface area (Å²) in [5.74, 6) is 0.626. The smallest absolute Gasteiger partial charge is 0.0407 e. The van der Waals surface area contributed by atoms with E-state index < -0.39 is 0 Å². The highest BCUT2D eigenvalue weighted by Crippen LogP contribution is 2.26. The van der Waals surface area contributed by atoms with Crippen LogP contribution in [-0.2, 0) is 0 Å². The van der Waals surface area contributed by atoms with E-state index in [1.807, 2.05) is 12.1 Å². The Balaban J connectivity index is 2.04. The second kappa shape index (κ2) is 4.42. The van der Waals surface area contributed by atoms with Crippen molar-refractivity contribution in [3.05, 3.63) is 29.3 Å². The minimum atomic E-state index is 0.294. The fraction of sp³-hybridized carbons (Fsp3) is 0.500. The number of nitrogens with two attached hydrogens (primary N) is 1. The molecule has 0 aromatic heterocycles. The van der Waals surface area contributed by atoms with E-state index in [2.05, 4.69) is 24.0 Å². The number of anilines is 1. The van der Waals surface area contributed by atoms with Gasteiger partial charge in [-0.2, -0.15) is 0 Å². The minimum Gasteiger partial charge on any atom is -0.371 e. The third-order valence-electron chi connectivity index (χ3n) is 3.16. The van der Waals surface area contributed by atoms with Crippen molar-refractivity contribution in [3.8, 4) is 0 Å². The molecule has 1 aromatic carbocycles. The molecule has 1 saturated heterocycles. The van der Waals surface area contributed by atoms with Gasteiger partial charge in [0.15, 0.2) is 0 Å². The summed E-state index contributed by atoms with van der Waals surface area (Å²) >= 11 is 5.86. The van der Waals surface area contributed by atoms with Gasteiger partial charge in [-0.15, -0.1) is 0 Å². The number of rotatable bonds is 2. The van der Waals surface area contributed by atoms with Crippen molar-refractivity contribution in [1.82, 2.24) is 0 Å². The van der Waals surface area contributed by atoms with Gasteiger partial charge in [0.25, 0.3) is 0 Å². The molecule has 0 amide bonds. The normalized spacial score (nSPS) is 23.1. The second-order valence-corrected chi connectivity index (χ2v) is 4.77. The molecule has 1 heterocycles. The van der Waals surface area contributed by atoms with E-state index in [1.54, 1.807) is 0 Å². The van der Waals surface area contributed by atoms with E-state index in [-0.39, 0.29) is 0 Å². The van der Waals surface area contributed by atoms with Crippen LogP contribution in [0.5, 0.6) is 0 Å². The molecule has 1 aromatic rings. The fourth-order valence-electron chi connectivity index (χ4n) is 2.10. The quantitative estimate of drug-likeness (QED) is 0.837. The number of hydrogen-bond donors (Lipinski definition) is 1. The molecule has 2 N–H and O–H groups in total. The zero-order valence-electron chi connectivity index (χ0n) is 8.99. The number of nitrogens with zero attached hydrogens (tertiary/aromatic N) is 1. The molecule has 0 saturated carbocycles. The van der Waals surface area contributed by atoms with Gasteiger partial charge in [-0.3, -0.25) is 0 Å². The Labute approximate surface area is 96.0 Å². The van der Waals surface area contributed by atoms with Crippen LogP contribution in [0.1, 0.15) is 13.3 Å². The summed E-state index contributed by atoms with van der Waals surface area (Å²) < 4.78 is 0. The van der Waals surface area contributed by atoms with Crippen LogP contribution in [0.15, 0.2) is 24.3 Å². The van der Waals surface area contributed by atoms with Gasteiger partial charge < -0.3 is 10.6 Å². The van der Waals surface area contributed by atoms with Crippen molar-refractivity contribution >= 4 is 17.3 Å². The Morgan fingerprint density at radius 2 is 2.07 bits per heavy atom. The zero-order chi connectivity index (χ0) is 10.8. The summed E-state index contributed by atoms with van der Waals surface area (Å²) in [6.07, 6.45) is 1.19. The highest BCUT2D eigenvalue weighted by molar-refractivity contribution is 6.30. The summed E-state index contributed by atoms with van der Waals surface area (Å²) in [6.45, 7) is 4.27. The SMILES string of the molecule is CC(N)C1CCN(c2ccc(Cl)cc2)C1. The molecule has 2 atom stereocenters. The third-order valence-corrected chi connectivity index (χ3v) is 3.41. The number of benzene rings is 1. The molecule has 0 aliphatic carbocycles. The van der Waals surface area contributed by atoms with Gasteiger partial charge in [-0.05, 0) is 43.5 Å². The van der Waals surface area contributed by atoms with Gasteiger partial charge in [0.2, 0.25) is 0 Å². The second-order valence-electron chi connectivity index (χ2n) is 4.33. The topological polar surface area (TPSA) is 29.3 Å². The fourth-order valence-corrected chi connectivity index (χ4v) is 2.23. The van der Waals surface area contributed by atoms with Crippen molar-refractivity contribution in [2.45, 2.75) is 19.4 Å². The lowest BCUT2D eigenvalue weighted by Gasteiger charge is -2.19. The van der Waals surface area contributed by atoms with Crippen LogP contribution >= 0.6 is 11.6 Å². The maximum Gasteiger partial charge on any atom is 0.0407 e. The van der Waals surface area contributed by atoms with E-state index in [4.69, 9.17) is 17.3 Å². The average molecular weight is 225 g/mol. The Morgan fingerprint density at radius 1 is 1.40 bits per heavy atom. The first-order valence-corrected chi connectivity index (χ1v) is 5.80. The van der Waals surface area contributed by atoms with Gasteiger partial charge in [-0.25, -0.2) is 0 Å². The Bertz CT molecular complexity index is 321. The molecule has 82 valence electrons. The molecular weight excluding hydrogens is 208 g/mol. The van der Waals surface area contributed by atoms with Crippen LogP contribution < -0.4 is 10.6 Å². The lowest BCUT2D eigenvalue weighted by atomic mass is 10.0. The lowest BCUT2D eigenvalue weighted by Crippen LogP contribution is -2.29. The monoisotopic (exact) mass is 224 g/mol. The first-order chi connectivity index (χ1) is 7.16. The number of halogens is 1. The maximum absolute atomic E-state index is 5.91. The molecule has 15 heavy (non-hydrogen) atoms. The highest BCUT2D eigenvalue weighted by atomic mass is 35.5. The van der Waals surface area contributed by atoms with Gasteiger partial charge in [0.05, 0.1) is 0 Å². The molecule has 2 rings (SSSR count). The Kier molecular flexibility index (Phi) is 3.17. The molecular formula is C12H17ClN2. The first kappa shape index (κ1) is 10.8.